The first kappa shape index (κ1) is 10.7. The average Bonchev–Trinajstić information content (AvgIpc) is 1.27. The third-order valence-electron chi connectivity index (χ3n) is 0.247. The van der Waals surface area contributed by atoms with Crippen LogP contribution in [-0.4, -0.2) is 22.2 Å². The van der Waals surface area contributed by atoms with Gasteiger partial charge in [0.1, 0.15) is 0 Å². The third kappa shape index (κ3) is 9.26. The summed E-state index contributed by atoms with van der Waals surface area (Å²) < 4.78 is 0. The Morgan fingerprint density at radius 3 is 1.38 bits per heavy atom. The van der Waals surface area contributed by atoms with E-state index in [1.165, 1.54) is 0 Å². The normalized spacial score (nSPS) is 6.50. The van der Waals surface area contributed by atoms with Crippen LogP contribution in [0.5, 0.6) is 0 Å². The molecule has 0 aliphatic carbocycles. The number of carboxylic acid groups (broad SMARTS) is 2. The molecule has 0 aromatic heterocycles. The molecule has 0 atom stereocenters. The van der Waals surface area contributed by atoms with Gasteiger partial charge in [0.15, 0.2) is 11.9 Å². The molecule has 0 unspecified atom stereocenters. The molecule has 0 aromatic carbocycles. The second kappa shape index (κ2) is 4.96. The smallest absolute Gasteiger partial charge is 0.503 e. The summed E-state index contributed by atoms with van der Waals surface area (Å²) in [7, 11) is 0. The molecular formula is C3H3NaO4. The maximum absolute atomic E-state index is 9.37. The number of rotatable bonds is 2. The van der Waals surface area contributed by atoms with E-state index in [1.807, 2.05) is 0 Å². The van der Waals surface area contributed by atoms with Crippen molar-refractivity contribution in [1.29, 1.82) is 0 Å². The van der Waals surface area contributed by atoms with Crippen molar-refractivity contribution in [3.63, 3.8) is 0 Å². The molecule has 0 fully saturated rings. The molecule has 0 aromatic rings. The van der Waals surface area contributed by atoms with Crippen LogP contribution < -0.4 is 29.6 Å². The summed E-state index contributed by atoms with van der Waals surface area (Å²) in [6.45, 7) is 0. The van der Waals surface area contributed by atoms with Gasteiger partial charge in [0.25, 0.3) is 0 Å². The van der Waals surface area contributed by atoms with E-state index < -0.39 is 11.9 Å². The van der Waals surface area contributed by atoms with Gasteiger partial charge < -0.3 is 10.2 Å². The molecule has 2 N–H and O–H groups in total. The van der Waals surface area contributed by atoms with Crippen LogP contribution in [0.25, 0.3) is 0 Å². The van der Waals surface area contributed by atoms with E-state index in [4.69, 9.17) is 10.2 Å². The van der Waals surface area contributed by atoms with Crippen molar-refractivity contribution in [1.82, 2.24) is 0 Å². The van der Waals surface area contributed by atoms with Gasteiger partial charge in [0.2, 0.25) is 0 Å². The third-order valence-corrected chi connectivity index (χ3v) is 0.247. The monoisotopic (exact) mass is 126 g/mol. The second-order valence-electron chi connectivity index (χ2n) is 0.821. The predicted octanol–water partition coefficient (Wildman–Crippen LogP) is -3.64. The molecule has 0 heterocycles. The van der Waals surface area contributed by atoms with Gasteiger partial charge in [-0.25, -0.2) is 0 Å². The topological polar surface area (TPSA) is 74.6 Å². The maximum atomic E-state index is 9.37. The van der Waals surface area contributed by atoms with Crippen LogP contribution in [0.2, 0.25) is 0 Å². The first-order valence-electron chi connectivity index (χ1n) is 1.43. The minimum Gasteiger partial charge on any atom is -0.503 e. The van der Waals surface area contributed by atoms with E-state index in [2.05, 4.69) is 0 Å². The van der Waals surface area contributed by atoms with Crippen molar-refractivity contribution < 1.29 is 49.4 Å². The van der Waals surface area contributed by atoms with Crippen molar-refractivity contribution in [3.05, 3.63) is 6.42 Å². The summed E-state index contributed by atoms with van der Waals surface area (Å²) in [4.78, 5) is 18.7. The Balaban J connectivity index is 0. The minimum absolute atomic E-state index is 0. The fourth-order valence-electron chi connectivity index (χ4n) is 0.106. The van der Waals surface area contributed by atoms with Gasteiger partial charge in [-0.3, -0.25) is 9.59 Å². The first-order valence-corrected chi connectivity index (χ1v) is 1.43. The van der Waals surface area contributed by atoms with Crippen LogP contribution in [0.4, 0.5) is 0 Å². The van der Waals surface area contributed by atoms with Crippen molar-refractivity contribution in [2.24, 2.45) is 0 Å². The zero-order chi connectivity index (χ0) is 5.86. The molecule has 0 rings (SSSR count). The average molecular weight is 126 g/mol. The van der Waals surface area contributed by atoms with Crippen LogP contribution in [-0.2, 0) is 9.59 Å². The molecule has 40 valence electrons. The van der Waals surface area contributed by atoms with Crippen LogP contribution in [0, 0.1) is 6.42 Å². The molecule has 0 aliphatic heterocycles. The largest absolute Gasteiger partial charge is 1.00 e. The first-order chi connectivity index (χ1) is 3.13. The van der Waals surface area contributed by atoms with Gasteiger partial charge in [-0.05, 0) is 0 Å². The van der Waals surface area contributed by atoms with Crippen LogP contribution in [0.15, 0.2) is 0 Å². The van der Waals surface area contributed by atoms with Gasteiger partial charge in [0, 0.05) is 0 Å². The number of carboxylic acids is 2. The predicted molar refractivity (Wildman–Crippen MR) is 19.6 cm³/mol. The Morgan fingerprint density at radius 1 is 1.12 bits per heavy atom. The summed E-state index contributed by atoms with van der Waals surface area (Å²) in [6.07, 6.45) is 0.167. The SMILES string of the molecule is O=C(O)[CH-]C(=O)O.[Na+]. The van der Waals surface area contributed by atoms with Gasteiger partial charge in [-0.2, -0.15) is 6.42 Å². The summed E-state index contributed by atoms with van der Waals surface area (Å²) in [5, 5.41) is 15.3. The van der Waals surface area contributed by atoms with Crippen molar-refractivity contribution >= 4 is 11.9 Å². The quantitative estimate of drug-likeness (QED) is 0.227. The molecule has 0 aliphatic rings. The van der Waals surface area contributed by atoms with Crippen molar-refractivity contribution in [3.8, 4) is 0 Å². The van der Waals surface area contributed by atoms with E-state index >= 15 is 0 Å². The van der Waals surface area contributed by atoms with E-state index in [0.29, 0.717) is 0 Å². The summed E-state index contributed by atoms with van der Waals surface area (Å²) >= 11 is 0. The standard InChI is InChI=1S/C3H3O4.Na/c4-2(5)1-3(6)7;/h1H,(H,4,5)(H,6,7);/q-1;+1. The van der Waals surface area contributed by atoms with Crippen molar-refractivity contribution in [2.45, 2.75) is 0 Å². The Kier molecular flexibility index (Phi) is 6.65. The summed E-state index contributed by atoms with van der Waals surface area (Å²) in [5.41, 5.74) is 0. The van der Waals surface area contributed by atoms with Crippen LogP contribution >= 0.6 is 0 Å². The van der Waals surface area contributed by atoms with E-state index in [1.54, 1.807) is 0 Å². The van der Waals surface area contributed by atoms with Gasteiger partial charge >= 0.3 is 29.6 Å². The van der Waals surface area contributed by atoms with Gasteiger partial charge in [0.05, 0.1) is 0 Å². The van der Waals surface area contributed by atoms with Gasteiger partial charge in [-0.1, -0.05) is 0 Å². The van der Waals surface area contributed by atoms with Gasteiger partial charge in [-0.15, -0.1) is 0 Å². The molecule has 0 bridgehead atoms. The molecule has 0 spiro atoms. The molecule has 5 heteroatoms. The van der Waals surface area contributed by atoms with Crippen LogP contribution in [0.1, 0.15) is 0 Å². The van der Waals surface area contributed by atoms with E-state index in [-0.39, 0.29) is 36.0 Å². The Labute approximate surface area is 67.8 Å². The van der Waals surface area contributed by atoms with E-state index in [9.17, 15) is 9.59 Å². The zero-order valence-corrected chi connectivity index (χ0v) is 6.29. The second-order valence-corrected chi connectivity index (χ2v) is 0.821. The fraction of sp³-hybridized carbons (Fsp3) is 0. The molecule has 8 heavy (non-hydrogen) atoms. The fourth-order valence-corrected chi connectivity index (χ4v) is 0.106. The number of hydrogen-bond donors (Lipinski definition) is 2. The summed E-state index contributed by atoms with van der Waals surface area (Å²) in [5.74, 6) is -2.87. The molecule has 4 nitrogen and oxygen atoms in total. The molecule has 0 saturated carbocycles. The molecule has 0 saturated heterocycles. The number of aliphatic carboxylic acids is 2. The Hall–Kier alpha value is -0.190. The molecule has 0 radical (unpaired) electrons. The number of hydrogen-bond acceptors (Lipinski definition) is 2. The Bertz CT molecular complexity index is 87.5. The van der Waals surface area contributed by atoms with Crippen molar-refractivity contribution in [2.75, 3.05) is 0 Å². The van der Waals surface area contributed by atoms with Crippen LogP contribution in [0.3, 0.4) is 0 Å². The maximum Gasteiger partial charge on any atom is 1.00 e. The minimum atomic E-state index is -1.44. The molecular weight excluding hydrogens is 123 g/mol. The number of carbonyl (C=O) groups is 2. The van der Waals surface area contributed by atoms with E-state index in [0.717, 1.165) is 0 Å². The zero-order valence-electron chi connectivity index (χ0n) is 4.29. The Morgan fingerprint density at radius 2 is 1.38 bits per heavy atom. The summed E-state index contributed by atoms with van der Waals surface area (Å²) in [6, 6.07) is 0. The molecule has 0 amide bonds.